The van der Waals surface area contributed by atoms with E-state index in [-0.39, 0.29) is 18.4 Å². The zero-order valence-electron chi connectivity index (χ0n) is 14.3. The normalized spacial score (nSPS) is 17.4. The number of hydrogen-bond donors (Lipinski definition) is 3. The van der Waals surface area contributed by atoms with E-state index in [1.165, 1.54) is 0 Å². The van der Waals surface area contributed by atoms with Crippen LogP contribution in [0, 0.1) is 0 Å². The molecule has 1 saturated heterocycles. The molecule has 6 nitrogen and oxygen atoms in total. The Kier molecular flexibility index (Phi) is 4.77. The molecule has 2 amide bonds. The number of hydrogen-bond acceptors (Lipinski definition) is 5. The van der Waals surface area contributed by atoms with Gasteiger partial charge < -0.3 is 15.3 Å². The number of benzene rings is 1. The SMILES string of the molecule is O=C1NC(=S)NC1=Cc1ccc(-c2ccc3c(c2)CN(CCCO)C3=O)s1. The Morgan fingerprint density at radius 3 is 2.81 bits per heavy atom. The van der Waals surface area contributed by atoms with Crippen LogP contribution in [0.3, 0.4) is 0 Å². The topological polar surface area (TPSA) is 81.7 Å². The summed E-state index contributed by atoms with van der Waals surface area (Å²) in [7, 11) is 0. The van der Waals surface area contributed by atoms with Gasteiger partial charge in [-0.3, -0.25) is 14.9 Å². The molecule has 2 aromatic rings. The summed E-state index contributed by atoms with van der Waals surface area (Å²) < 4.78 is 0. The molecule has 0 aliphatic carbocycles. The monoisotopic (exact) mass is 399 g/mol. The van der Waals surface area contributed by atoms with Gasteiger partial charge in [-0.2, -0.15) is 0 Å². The molecule has 3 heterocycles. The van der Waals surface area contributed by atoms with E-state index in [2.05, 4.69) is 10.6 Å². The number of carbonyl (C=O) groups is 2. The lowest BCUT2D eigenvalue weighted by Gasteiger charge is -2.13. The second kappa shape index (κ2) is 7.22. The van der Waals surface area contributed by atoms with Crippen molar-refractivity contribution in [3.8, 4) is 10.4 Å². The van der Waals surface area contributed by atoms with Gasteiger partial charge in [0.15, 0.2) is 5.11 Å². The van der Waals surface area contributed by atoms with Gasteiger partial charge in [0.1, 0.15) is 5.70 Å². The fraction of sp³-hybridized carbons (Fsp3) is 0.211. The van der Waals surface area contributed by atoms with Crippen LogP contribution in [0.4, 0.5) is 0 Å². The Hall–Kier alpha value is -2.55. The molecule has 2 aliphatic rings. The fourth-order valence-corrected chi connectivity index (χ4v) is 4.34. The first-order chi connectivity index (χ1) is 13.0. The number of rotatable bonds is 5. The minimum atomic E-state index is -0.228. The molecule has 1 aromatic carbocycles. The second-order valence-electron chi connectivity index (χ2n) is 6.34. The van der Waals surface area contributed by atoms with E-state index < -0.39 is 0 Å². The van der Waals surface area contributed by atoms with Crippen molar-refractivity contribution in [2.24, 2.45) is 0 Å². The third kappa shape index (κ3) is 3.51. The Bertz CT molecular complexity index is 980. The highest BCUT2D eigenvalue weighted by Crippen LogP contribution is 2.33. The quantitative estimate of drug-likeness (QED) is 0.530. The van der Waals surface area contributed by atoms with E-state index in [0.29, 0.717) is 30.3 Å². The number of nitrogens with one attached hydrogen (secondary N) is 2. The predicted octanol–water partition coefficient (Wildman–Crippen LogP) is 2.10. The van der Waals surface area contributed by atoms with Crippen LogP contribution in [0.2, 0.25) is 0 Å². The number of thiocarbonyl (C=S) groups is 1. The number of fused-ring (bicyclic) bond motifs is 1. The molecule has 0 spiro atoms. The third-order valence-corrected chi connectivity index (χ3v) is 5.77. The molecule has 0 saturated carbocycles. The number of aliphatic hydroxyl groups is 1. The van der Waals surface area contributed by atoms with E-state index in [1.807, 2.05) is 30.3 Å². The maximum absolute atomic E-state index is 12.4. The van der Waals surface area contributed by atoms with Crippen molar-refractivity contribution in [1.82, 2.24) is 15.5 Å². The maximum Gasteiger partial charge on any atom is 0.273 e. The summed E-state index contributed by atoms with van der Waals surface area (Å²) in [6.07, 6.45) is 2.36. The summed E-state index contributed by atoms with van der Waals surface area (Å²) in [4.78, 5) is 27.9. The third-order valence-electron chi connectivity index (χ3n) is 4.49. The van der Waals surface area contributed by atoms with Gasteiger partial charge in [-0.15, -0.1) is 11.3 Å². The van der Waals surface area contributed by atoms with Crippen LogP contribution < -0.4 is 10.6 Å². The summed E-state index contributed by atoms with van der Waals surface area (Å²) in [5, 5.41) is 14.7. The Morgan fingerprint density at radius 2 is 2.07 bits per heavy atom. The fourth-order valence-electron chi connectivity index (χ4n) is 3.19. The lowest BCUT2D eigenvalue weighted by atomic mass is 10.1. The lowest BCUT2D eigenvalue weighted by molar-refractivity contribution is -0.115. The molecule has 1 fully saturated rings. The van der Waals surface area contributed by atoms with Crippen molar-refractivity contribution in [3.05, 3.63) is 52.0 Å². The largest absolute Gasteiger partial charge is 0.396 e. The molecule has 1 aromatic heterocycles. The van der Waals surface area contributed by atoms with Gasteiger partial charge >= 0.3 is 0 Å². The van der Waals surface area contributed by atoms with E-state index in [4.69, 9.17) is 17.3 Å². The summed E-state index contributed by atoms with van der Waals surface area (Å²) in [5.74, 6) is -0.204. The van der Waals surface area contributed by atoms with Gasteiger partial charge in [0.05, 0.1) is 0 Å². The zero-order valence-corrected chi connectivity index (χ0v) is 16.0. The Balaban J connectivity index is 1.56. The van der Waals surface area contributed by atoms with Crippen molar-refractivity contribution >= 4 is 46.6 Å². The summed E-state index contributed by atoms with van der Waals surface area (Å²) >= 11 is 6.50. The number of carbonyl (C=O) groups excluding carboxylic acids is 2. The average Bonchev–Trinajstić information content (AvgIpc) is 3.32. The van der Waals surface area contributed by atoms with Gasteiger partial charge in [0.25, 0.3) is 11.8 Å². The van der Waals surface area contributed by atoms with Crippen LogP contribution in [-0.4, -0.2) is 40.1 Å². The van der Waals surface area contributed by atoms with Crippen LogP contribution in [-0.2, 0) is 11.3 Å². The second-order valence-corrected chi connectivity index (χ2v) is 7.87. The summed E-state index contributed by atoms with van der Waals surface area (Å²) in [6.45, 7) is 1.22. The van der Waals surface area contributed by atoms with Crippen molar-refractivity contribution in [2.75, 3.05) is 13.2 Å². The number of amides is 2. The summed E-state index contributed by atoms with van der Waals surface area (Å²) in [6, 6.07) is 9.82. The smallest absolute Gasteiger partial charge is 0.273 e. The van der Waals surface area contributed by atoms with E-state index >= 15 is 0 Å². The van der Waals surface area contributed by atoms with Crippen molar-refractivity contribution in [2.45, 2.75) is 13.0 Å². The summed E-state index contributed by atoms with van der Waals surface area (Å²) in [5.41, 5.74) is 3.22. The minimum absolute atomic E-state index is 0.0240. The van der Waals surface area contributed by atoms with Gasteiger partial charge in [-0.05, 0) is 60.1 Å². The minimum Gasteiger partial charge on any atom is -0.396 e. The zero-order chi connectivity index (χ0) is 19.0. The van der Waals surface area contributed by atoms with Crippen molar-refractivity contribution in [3.63, 3.8) is 0 Å². The van der Waals surface area contributed by atoms with Gasteiger partial charge in [0.2, 0.25) is 0 Å². The highest BCUT2D eigenvalue weighted by atomic mass is 32.1. The molecular weight excluding hydrogens is 382 g/mol. The highest BCUT2D eigenvalue weighted by Gasteiger charge is 2.27. The first-order valence-electron chi connectivity index (χ1n) is 8.52. The molecule has 4 rings (SSSR count). The van der Waals surface area contributed by atoms with E-state index in [0.717, 1.165) is 26.4 Å². The number of nitrogens with zero attached hydrogens (tertiary/aromatic N) is 1. The van der Waals surface area contributed by atoms with Gasteiger partial charge in [-0.25, -0.2) is 0 Å². The van der Waals surface area contributed by atoms with Crippen LogP contribution in [0.15, 0.2) is 36.0 Å². The van der Waals surface area contributed by atoms with Crippen molar-refractivity contribution < 1.29 is 14.7 Å². The van der Waals surface area contributed by atoms with Crippen LogP contribution in [0.1, 0.15) is 27.2 Å². The Morgan fingerprint density at radius 1 is 1.22 bits per heavy atom. The first-order valence-corrected chi connectivity index (χ1v) is 9.75. The van der Waals surface area contributed by atoms with Crippen molar-refractivity contribution in [1.29, 1.82) is 0 Å². The average molecular weight is 399 g/mol. The lowest BCUT2D eigenvalue weighted by Crippen LogP contribution is -2.25. The van der Waals surface area contributed by atoms with E-state index in [1.54, 1.807) is 22.3 Å². The molecule has 0 bridgehead atoms. The van der Waals surface area contributed by atoms with Gasteiger partial charge in [-0.1, -0.05) is 6.07 Å². The first kappa shape index (κ1) is 17.8. The molecule has 3 N–H and O–H groups in total. The standard InChI is InChI=1S/C19H17N3O3S2/c23-7-1-6-22-10-12-8-11(2-4-14(12)18(22)25)16-5-3-13(27-16)9-15-17(24)21-19(26)20-15/h2-5,8-9,23H,1,6-7,10H2,(H2,20,21,24,26). The molecule has 0 atom stereocenters. The maximum atomic E-state index is 12.4. The predicted molar refractivity (Wildman–Crippen MR) is 108 cm³/mol. The van der Waals surface area contributed by atoms with Crippen LogP contribution in [0.5, 0.6) is 0 Å². The molecule has 0 radical (unpaired) electrons. The highest BCUT2D eigenvalue weighted by molar-refractivity contribution is 7.80. The van der Waals surface area contributed by atoms with Crippen LogP contribution >= 0.6 is 23.6 Å². The molecule has 27 heavy (non-hydrogen) atoms. The Labute approximate surface area is 165 Å². The van der Waals surface area contributed by atoms with E-state index in [9.17, 15) is 9.59 Å². The molecular formula is C19H17N3O3S2. The molecule has 8 heteroatoms. The number of thiophene rings is 1. The van der Waals surface area contributed by atoms with Gasteiger partial charge in [0, 0.05) is 35.0 Å². The molecule has 138 valence electrons. The van der Waals surface area contributed by atoms with Crippen LogP contribution in [0.25, 0.3) is 16.5 Å². The molecule has 2 aliphatic heterocycles. The number of aliphatic hydroxyl groups excluding tert-OH is 1. The molecule has 0 unspecified atom stereocenters.